The first-order valence-electron chi connectivity index (χ1n) is 6.48. The second-order valence-corrected chi connectivity index (χ2v) is 5.94. The molecule has 0 aromatic carbocycles. The van der Waals surface area contributed by atoms with Gasteiger partial charge in [-0.1, -0.05) is 23.0 Å². The normalized spacial score (nSPS) is 20.4. The highest BCUT2D eigenvalue weighted by Crippen LogP contribution is 2.23. The summed E-state index contributed by atoms with van der Waals surface area (Å²) < 4.78 is 10.3. The second-order valence-electron chi connectivity index (χ2n) is 4.58. The highest BCUT2D eigenvalue weighted by Gasteiger charge is 2.26. The number of nitrogens with one attached hydrogen (secondary N) is 1. The third-order valence-electron chi connectivity index (χ3n) is 3.21. The van der Waals surface area contributed by atoms with Crippen LogP contribution in [0.1, 0.15) is 30.4 Å². The molecule has 1 fully saturated rings. The van der Waals surface area contributed by atoms with E-state index in [0.717, 1.165) is 31.0 Å². The second kappa shape index (κ2) is 6.13. The van der Waals surface area contributed by atoms with E-state index in [0.29, 0.717) is 23.3 Å². The van der Waals surface area contributed by atoms with E-state index in [1.165, 1.54) is 11.5 Å². The molecule has 0 spiro atoms. The van der Waals surface area contributed by atoms with E-state index in [1.54, 1.807) is 0 Å². The van der Waals surface area contributed by atoms with Crippen molar-refractivity contribution in [3.8, 4) is 0 Å². The van der Waals surface area contributed by atoms with Gasteiger partial charge in [-0.05, 0) is 0 Å². The van der Waals surface area contributed by atoms with Crippen LogP contribution >= 0.6 is 23.1 Å². The lowest BCUT2D eigenvalue weighted by molar-refractivity contribution is -0.0374. The van der Waals surface area contributed by atoms with Crippen LogP contribution < -0.4 is 0 Å². The third kappa shape index (κ3) is 2.98. The zero-order chi connectivity index (χ0) is 13.9. The molecule has 1 N–H and O–H groups in total. The van der Waals surface area contributed by atoms with E-state index in [1.807, 2.05) is 6.92 Å². The van der Waals surface area contributed by atoms with Gasteiger partial charge in [-0.2, -0.15) is 5.10 Å². The molecule has 0 amide bonds. The number of hydrogen-bond acceptors (Lipinski definition) is 7. The molecule has 0 bridgehead atoms. The Kier molecular flexibility index (Phi) is 4.25. The van der Waals surface area contributed by atoms with Gasteiger partial charge in [-0.25, -0.2) is 4.98 Å². The van der Waals surface area contributed by atoms with Crippen molar-refractivity contribution in [2.75, 3.05) is 19.7 Å². The Balaban J connectivity index is 1.65. The Labute approximate surface area is 125 Å². The van der Waals surface area contributed by atoms with Gasteiger partial charge < -0.3 is 4.74 Å². The largest absolute Gasteiger partial charge is 0.367 e. The third-order valence-corrected chi connectivity index (χ3v) is 4.19. The van der Waals surface area contributed by atoms with Crippen LogP contribution in [0.25, 0.3) is 0 Å². The summed E-state index contributed by atoms with van der Waals surface area (Å²) in [7, 11) is 0. The van der Waals surface area contributed by atoms with Gasteiger partial charge in [0.05, 0.1) is 6.61 Å². The number of hydrogen-bond donors (Lipinski definition) is 1. The van der Waals surface area contributed by atoms with Crippen molar-refractivity contribution < 1.29 is 4.74 Å². The van der Waals surface area contributed by atoms with Crippen molar-refractivity contribution in [1.82, 2.24) is 29.7 Å². The van der Waals surface area contributed by atoms with Crippen molar-refractivity contribution in [2.24, 2.45) is 0 Å². The molecule has 0 saturated carbocycles. The lowest BCUT2D eigenvalue weighted by atomic mass is 10.2. The highest BCUT2D eigenvalue weighted by atomic mass is 35.5. The topological polar surface area (TPSA) is 79.8 Å². The number of H-pyrrole nitrogens is 1. The van der Waals surface area contributed by atoms with Gasteiger partial charge in [-0.3, -0.25) is 10.00 Å². The van der Waals surface area contributed by atoms with Gasteiger partial charge >= 0.3 is 0 Å². The van der Waals surface area contributed by atoms with Crippen molar-refractivity contribution in [3.63, 3.8) is 0 Å². The molecular formula is C11H15ClN6OS. The zero-order valence-corrected chi connectivity index (χ0v) is 12.6. The Morgan fingerprint density at radius 1 is 1.55 bits per heavy atom. The van der Waals surface area contributed by atoms with Crippen LogP contribution in [0.5, 0.6) is 0 Å². The van der Waals surface area contributed by atoms with Crippen LogP contribution in [0.3, 0.4) is 0 Å². The monoisotopic (exact) mass is 314 g/mol. The van der Waals surface area contributed by atoms with Gasteiger partial charge in [0.1, 0.15) is 22.0 Å². The summed E-state index contributed by atoms with van der Waals surface area (Å²) >= 11 is 7.25. The lowest BCUT2D eigenvalue weighted by Crippen LogP contribution is -2.38. The van der Waals surface area contributed by atoms with Crippen LogP contribution in [-0.2, 0) is 17.7 Å². The molecule has 3 rings (SSSR count). The molecule has 1 aliphatic rings. The summed E-state index contributed by atoms with van der Waals surface area (Å²) in [6, 6.07) is 0. The van der Waals surface area contributed by atoms with Crippen molar-refractivity contribution in [3.05, 3.63) is 21.7 Å². The summed E-state index contributed by atoms with van der Waals surface area (Å²) in [5, 5.41) is 11.2. The molecule has 2 aromatic heterocycles. The molecule has 0 radical (unpaired) electrons. The molecule has 9 heteroatoms. The average molecular weight is 315 g/mol. The van der Waals surface area contributed by atoms with Crippen molar-refractivity contribution in [1.29, 1.82) is 0 Å². The quantitative estimate of drug-likeness (QED) is 0.920. The number of nitrogens with zero attached hydrogens (tertiary/aromatic N) is 5. The number of aryl methyl sites for hydroxylation is 1. The number of morpholine rings is 1. The number of aromatic nitrogens is 5. The van der Waals surface area contributed by atoms with Crippen molar-refractivity contribution in [2.45, 2.75) is 26.0 Å². The minimum atomic E-state index is -0.106. The maximum absolute atomic E-state index is 6.04. The Hall–Kier alpha value is -1.09. The SMILES string of the molecule is CCc1nc([C@@H]2CN(Cc3nnsc3Cl)CCO2)n[nH]1. The molecule has 1 atom stereocenters. The standard InChI is InChI=1S/C11H15ClN6OS/c1-2-9-13-11(16-15-9)8-6-18(3-4-19-8)5-7-10(12)20-17-14-7/h8H,2-6H2,1H3,(H,13,15,16)/t8-/m0/s1. The molecule has 20 heavy (non-hydrogen) atoms. The maximum Gasteiger partial charge on any atom is 0.180 e. The predicted octanol–water partition coefficient (Wildman–Crippen LogP) is 1.45. The maximum atomic E-state index is 6.04. The first kappa shape index (κ1) is 13.9. The lowest BCUT2D eigenvalue weighted by Gasteiger charge is -2.30. The molecule has 1 aliphatic heterocycles. The summed E-state index contributed by atoms with van der Waals surface area (Å²) in [6.45, 7) is 4.94. The number of aromatic amines is 1. The van der Waals surface area contributed by atoms with Crippen LogP contribution in [0.4, 0.5) is 0 Å². The molecule has 108 valence electrons. The first-order valence-corrected chi connectivity index (χ1v) is 7.63. The van der Waals surface area contributed by atoms with E-state index in [-0.39, 0.29) is 6.10 Å². The number of ether oxygens (including phenoxy) is 1. The molecule has 0 unspecified atom stereocenters. The fourth-order valence-electron chi connectivity index (χ4n) is 2.12. The first-order chi connectivity index (χ1) is 9.76. The minimum absolute atomic E-state index is 0.106. The van der Waals surface area contributed by atoms with Crippen molar-refractivity contribution >= 4 is 23.1 Å². The Morgan fingerprint density at radius 3 is 3.15 bits per heavy atom. The van der Waals surface area contributed by atoms with Gasteiger partial charge in [0.25, 0.3) is 0 Å². The van der Waals surface area contributed by atoms with E-state index in [2.05, 4.69) is 29.7 Å². The van der Waals surface area contributed by atoms with Gasteiger partial charge in [0.15, 0.2) is 5.82 Å². The van der Waals surface area contributed by atoms with E-state index >= 15 is 0 Å². The number of halogens is 1. The molecular weight excluding hydrogens is 300 g/mol. The van der Waals surface area contributed by atoms with E-state index in [9.17, 15) is 0 Å². The van der Waals surface area contributed by atoms with Crippen LogP contribution in [0.2, 0.25) is 4.34 Å². The Bertz CT molecular complexity index is 573. The number of rotatable bonds is 4. The van der Waals surface area contributed by atoms with E-state index in [4.69, 9.17) is 16.3 Å². The fraction of sp³-hybridized carbons (Fsp3) is 0.636. The van der Waals surface area contributed by atoms with Gasteiger partial charge in [-0.15, -0.1) is 5.10 Å². The smallest absolute Gasteiger partial charge is 0.180 e. The summed E-state index contributed by atoms with van der Waals surface area (Å²) in [6.07, 6.45) is 0.731. The summed E-state index contributed by atoms with van der Waals surface area (Å²) in [5.41, 5.74) is 0.821. The molecule has 2 aromatic rings. The van der Waals surface area contributed by atoms with E-state index < -0.39 is 0 Å². The average Bonchev–Trinajstić information content (AvgIpc) is 3.09. The summed E-state index contributed by atoms with van der Waals surface area (Å²) in [4.78, 5) is 6.67. The Morgan fingerprint density at radius 2 is 2.45 bits per heavy atom. The van der Waals surface area contributed by atoms with Gasteiger partial charge in [0.2, 0.25) is 0 Å². The van der Waals surface area contributed by atoms with Crippen LogP contribution in [0, 0.1) is 0 Å². The highest BCUT2D eigenvalue weighted by molar-refractivity contribution is 7.10. The summed E-state index contributed by atoms with van der Waals surface area (Å²) in [5.74, 6) is 1.60. The zero-order valence-electron chi connectivity index (χ0n) is 11.0. The molecule has 3 heterocycles. The van der Waals surface area contributed by atoms with Crippen LogP contribution in [0.15, 0.2) is 0 Å². The fourth-order valence-corrected chi connectivity index (χ4v) is 2.73. The van der Waals surface area contributed by atoms with Crippen LogP contribution in [-0.4, -0.2) is 49.4 Å². The molecule has 1 saturated heterocycles. The van der Waals surface area contributed by atoms with Gasteiger partial charge in [0, 0.05) is 37.6 Å². The minimum Gasteiger partial charge on any atom is -0.367 e. The predicted molar refractivity (Wildman–Crippen MR) is 74.6 cm³/mol. The molecule has 0 aliphatic carbocycles. The molecule has 7 nitrogen and oxygen atoms in total.